The molecule has 2 rings (SSSR count). The topological polar surface area (TPSA) is 26.3 Å². The van der Waals surface area contributed by atoms with E-state index in [1.807, 2.05) is 19.9 Å². The molecule has 0 saturated carbocycles. The van der Waals surface area contributed by atoms with E-state index in [-0.39, 0.29) is 11.6 Å². The number of hydrogen-bond acceptors (Lipinski definition) is 2. The molecule has 0 atom stereocenters. The average Bonchev–Trinajstić information content (AvgIpc) is 2.39. The summed E-state index contributed by atoms with van der Waals surface area (Å²) in [6.45, 7) is 4.11. The third-order valence-corrected chi connectivity index (χ3v) is 3.42. The first-order valence-corrected chi connectivity index (χ1v) is 6.52. The third-order valence-electron chi connectivity index (χ3n) is 3.13. The lowest BCUT2D eigenvalue weighted by atomic mass is 10.0. The maximum atomic E-state index is 12.9. The Morgan fingerprint density at radius 1 is 1.20 bits per heavy atom. The van der Waals surface area contributed by atoms with Crippen LogP contribution in [0.5, 0.6) is 5.75 Å². The Bertz CT molecular complexity index is 653. The molecule has 2 nitrogen and oxygen atoms in total. The van der Waals surface area contributed by atoms with Gasteiger partial charge in [-0.15, -0.1) is 0 Å². The van der Waals surface area contributed by atoms with Crippen molar-refractivity contribution in [3.8, 4) is 5.75 Å². The summed E-state index contributed by atoms with van der Waals surface area (Å²) in [7, 11) is 0. The van der Waals surface area contributed by atoms with E-state index in [0.29, 0.717) is 11.3 Å². The minimum absolute atomic E-state index is 0.227. The van der Waals surface area contributed by atoms with Crippen LogP contribution in [0.15, 0.2) is 30.3 Å². The van der Waals surface area contributed by atoms with Gasteiger partial charge in [-0.2, -0.15) is 0 Å². The van der Waals surface area contributed by atoms with E-state index in [2.05, 4.69) is 0 Å². The zero-order valence-electron chi connectivity index (χ0n) is 11.2. The molecule has 0 unspecified atom stereocenters. The SMILES string of the molecule is Cc1cc(C)c(COc2ccc(F)cc2Cl)cc1C=O. The van der Waals surface area contributed by atoms with Gasteiger partial charge in [0.1, 0.15) is 24.5 Å². The lowest BCUT2D eigenvalue weighted by Gasteiger charge is -2.12. The van der Waals surface area contributed by atoms with Gasteiger partial charge in [0.05, 0.1) is 5.02 Å². The van der Waals surface area contributed by atoms with Crippen LogP contribution < -0.4 is 4.74 Å². The highest BCUT2D eigenvalue weighted by atomic mass is 35.5. The molecule has 0 aromatic heterocycles. The predicted octanol–water partition coefficient (Wildman–Crippen LogP) is 4.49. The summed E-state index contributed by atoms with van der Waals surface area (Å²) >= 11 is 5.90. The highest BCUT2D eigenvalue weighted by molar-refractivity contribution is 6.32. The molecule has 0 bridgehead atoms. The first kappa shape index (κ1) is 14.5. The fourth-order valence-corrected chi connectivity index (χ4v) is 2.17. The molecule has 0 aliphatic rings. The first-order chi connectivity index (χ1) is 9.51. The number of rotatable bonds is 4. The summed E-state index contributed by atoms with van der Waals surface area (Å²) in [5.41, 5.74) is 3.50. The number of halogens is 2. The Morgan fingerprint density at radius 2 is 1.95 bits per heavy atom. The van der Waals surface area contributed by atoms with Crippen molar-refractivity contribution in [3.05, 3.63) is 63.4 Å². The van der Waals surface area contributed by atoms with Crippen molar-refractivity contribution < 1.29 is 13.9 Å². The van der Waals surface area contributed by atoms with Crippen molar-refractivity contribution in [1.82, 2.24) is 0 Å². The van der Waals surface area contributed by atoms with Crippen LogP contribution in [0.4, 0.5) is 4.39 Å². The number of aldehydes is 1. The first-order valence-electron chi connectivity index (χ1n) is 6.14. The number of hydrogen-bond donors (Lipinski definition) is 0. The van der Waals surface area contributed by atoms with Gasteiger partial charge >= 0.3 is 0 Å². The maximum absolute atomic E-state index is 12.9. The Balaban J connectivity index is 2.20. The fraction of sp³-hybridized carbons (Fsp3) is 0.188. The van der Waals surface area contributed by atoms with Crippen LogP contribution in [0.2, 0.25) is 5.02 Å². The highest BCUT2D eigenvalue weighted by Gasteiger charge is 2.07. The zero-order valence-corrected chi connectivity index (χ0v) is 12.0. The summed E-state index contributed by atoms with van der Waals surface area (Å²) in [4.78, 5) is 11.0. The van der Waals surface area contributed by atoms with Crippen LogP contribution in [-0.4, -0.2) is 6.29 Å². The zero-order chi connectivity index (χ0) is 14.7. The van der Waals surface area contributed by atoms with Crippen molar-refractivity contribution in [2.45, 2.75) is 20.5 Å². The van der Waals surface area contributed by atoms with Gasteiger partial charge in [-0.05, 0) is 54.8 Å². The van der Waals surface area contributed by atoms with Gasteiger partial charge in [0.15, 0.2) is 0 Å². The molecular formula is C16H14ClFO2. The smallest absolute Gasteiger partial charge is 0.150 e. The molecule has 0 aliphatic heterocycles. The Kier molecular flexibility index (Phi) is 4.40. The normalized spacial score (nSPS) is 10.4. The molecule has 0 N–H and O–H groups in total. The lowest BCUT2D eigenvalue weighted by molar-refractivity contribution is 0.112. The molecule has 0 aliphatic carbocycles. The van der Waals surface area contributed by atoms with Gasteiger partial charge in [0, 0.05) is 5.56 Å². The molecule has 20 heavy (non-hydrogen) atoms. The van der Waals surface area contributed by atoms with Crippen LogP contribution in [0.25, 0.3) is 0 Å². The molecule has 0 radical (unpaired) electrons. The number of ether oxygens (including phenoxy) is 1. The summed E-state index contributed by atoms with van der Waals surface area (Å²) in [6, 6.07) is 7.72. The summed E-state index contributed by atoms with van der Waals surface area (Å²) in [6.07, 6.45) is 0.823. The second kappa shape index (κ2) is 6.06. The van der Waals surface area contributed by atoms with Crippen LogP contribution in [0.3, 0.4) is 0 Å². The van der Waals surface area contributed by atoms with Crippen molar-refractivity contribution >= 4 is 17.9 Å². The molecule has 2 aromatic carbocycles. The summed E-state index contributed by atoms with van der Waals surface area (Å²) in [5, 5.41) is 0.227. The van der Waals surface area contributed by atoms with E-state index < -0.39 is 5.82 Å². The molecule has 0 amide bonds. The maximum Gasteiger partial charge on any atom is 0.150 e. The van der Waals surface area contributed by atoms with Crippen molar-refractivity contribution in [3.63, 3.8) is 0 Å². The Morgan fingerprint density at radius 3 is 2.60 bits per heavy atom. The van der Waals surface area contributed by atoms with E-state index >= 15 is 0 Å². The van der Waals surface area contributed by atoms with E-state index in [4.69, 9.17) is 16.3 Å². The third kappa shape index (κ3) is 3.17. The van der Waals surface area contributed by atoms with E-state index in [0.717, 1.165) is 23.0 Å². The largest absolute Gasteiger partial charge is 0.487 e. The fourth-order valence-electron chi connectivity index (χ4n) is 1.95. The molecule has 0 heterocycles. The molecule has 2 aromatic rings. The standard InChI is InChI=1S/C16H14ClFO2/c1-10-5-11(2)13(6-12(10)8-19)9-20-16-4-3-14(18)7-15(16)17/h3-8H,9H2,1-2H3. The number of carbonyl (C=O) groups excluding carboxylic acids is 1. The molecule has 0 fully saturated rings. The number of aryl methyl sites for hydroxylation is 2. The Labute approximate surface area is 122 Å². The molecule has 4 heteroatoms. The predicted molar refractivity (Wildman–Crippen MR) is 77.0 cm³/mol. The number of benzene rings is 2. The summed E-state index contributed by atoms with van der Waals surface area (Å²) in [5.74, 6) is 0.0119. The van der Waals surface area contributed by atoms with Crippen molar-refractivity contribution in [2.24, 2.45) is 0 Å². The minimum atomic E-state index is -0.405. The molecule has 104 valence electrons. The van der Waals surface area contributed by atoms with Crippen LogP contribution in [0, 0.1) is 19.7 Å². The van der Waals surface area contributed by atoms with Gasteiger partial charge in [-0.1, -0.05) is 17.7 Å². The molecule has 0 saturated heterocycles. The number of carbonyl (C=O) groups is 1. The van der Waals surface area contributed by atoms with E-state index in [1.165, 1.54) is 18.2 Å². The van der Waals surface area contributed by atoms with Gasteiger partial charge in [0.25, 0.3) is 0 Å². The second-order valence-corrected chi connectivity index (χ2v) is 5.02. The molecular weight excluding hydrogens is 279 g/mol. The van der Waals surface area contributed by atoms with Gasteiger partial charge < -0.3 is 4.74 Å². The van der Waals surface area contributed by atoms with Crippen LogP contribution >= 0.6 is 11.6 Å². The van der Waals surface area contributed by atoms with Crippen molar-refractivity contribution in [1.29, 1.82) is 0 Å². The second-order valence-electron chi connectivity index (χ2n) is 4.62. The summed E-state index contributed by atoms with van der Waals surface area (Å²) < 4.78 is 18.5. The van der Waals surface area contributed by atoms with Crippen LogP contribution in [0.1, 0.15) is 27.0 Å². The quantitative estimate of drug-likeness (QED) is 0.776. The minimum Gasteiger partial charge on any atom is -0.487 e. The van der Waals surface area contributed by atoms with Gasteiger partial charge in [-0.25, -0.2) is 4.39 Å². The van der Waals surface area contributed by atoms with Gasteiger partial charge in [0.2, 0.25) is 0 Å². The van der Waals surface area contributed by atoms with E-state index in [1.54, 1.807) is 6.07 Å². The van der Waals surface area contributed by atoms with Gasteiger partial charge in [-0.3, -0.25) is 4.79 Å². The van der Waals surface area contributed by atoms with E-state index in [9.17, 15) is 9.18 Å². The average molecular weight is 293 g/mol. The van der Waals surface area contributed by atoms with Crippen LogP contribution in [-0.2, 0) is 6.61 Å². The Hall–Kier alpha value is -1.87. The molecule has 0 spiro atoms. The van der Waals surface area contributed by atoms with Crippen molar-refractivity contribution in [2.75, 3.05) is 0 Å². The monoisotopic (exact) mass is 292 g/mol. The highest BCUT2D eigenvalue weighted by Crippen LogP contribution is 2.26. The lowest BCUT2D eigenvalue weighted by Crippen LogP contribution is -2.01.